The van der Waals surface area contributed by atoms with Gasteiger partial charge >= 0.3 is 0 Å². The normalized spacial score (nSPS) is 12.2. The van der Waals surface area contributed by atoms with Crippen LogP contribution >= 0.6 is 11.3 Å². The van der Waals surface area contributed by atoms with E-state index in [-0.39, 0.29) is 24.1 Å². The summed E-state index contributed by atoms with van der Waals surface area (Å²) in [5.41, 5.74) is 2.55. The van der Waals surface area contributed by atoms with E-state index >= 15 is 0 Å². The average Bonchev–Trinajstić information content (AvgIpc) is 3.01. The Hall–Kier alpha value is -2.54. The number of aryl methyl sites for hydroxylation is 1. The standard InChI is InChI=1S/C17H18N4O2S/c1-11-4-3-6-18-14(11)8-12(2)20-15(22)9-21-10-19-13-5-7-24-16(13)17(21)23/h3-7,10,12H,8-9H2,1-2H3,(H,20,22)/t12-/m1/s1. The van der Waals surface area contributed by atoms with E-state index in [4.69, 9.17) is 0 Å². The van der Waals surface area contributed by atoms with Gasteiger partial charge in [0, 0.05) is 24.4 Å². The monoisotopic (exact) mass is 342 g/mol. The first kappa shape index (κ1) is 16.3. The minimum absolute atomic E-state index is 0.0365. The first-order chi connectivity index (χ1) is 11.5. The second kappa shape index (κ2) is 6.92. The van der Waals surface area contributed by atoms with Crippen LogP contribution in [0.25, 0.3) is 10.2 Å². The summed E-state index contributed by atoms with van der Waals surface area (Å²) in [5, 5.41) is 4.73. The van der Waals surface area contributed by atoms with Crippen LogP contribution in [-0.2, 0) is 17.8 Å². The molecule has 0 radical (unpaired) electrons. The van der Waals surface area contributed by atoms with Crippen LogP contribution in [0, 0.1) is 6.92 Å². The van der Waals surface area contributed by atoms with Gasteiger partial charge in [0.05, 0.1) is 11.8 Å². The first-order valence-electron chi connectivity index (χ1n) is 7.67. The van der Waals surface area contributed by atoms with Crippen LogP contribution in [0.2, 0.25) is 0 Å². The molecule has 124 valence electrons. The summed E-state index contributed by atoms with van der Waals surface area (Å²) in [6, 6.07) is 5.61. The van der Waals surface area contributed by atoms with Crippen molar-refractivity contribution in [1.29, 1.82) is 0 Å². The van der Waals surface area contributed by atoms with Gasteiger partial charge in [-0.15, -0.1) is 11.3 Å². The Morgan fingerprint density at radius 1 is 1.38 bits per heavy atom. The molecule has 0 aliphatic carbocycles. The molecule has 0 bridgehead atoms. The lowest BCUT2D eigenvalue weighted by atomic mass is 10.1. The molecule has 3 rings (SSSR count). The second-order valence-electron chi connectivity index (χ2n) is 5.75. The van der Waals surface area contributed by atoms with Gasteiger partial charge in [0.2, 0.25) is 5.91 Å². The number of thiophene rings is 1. The fourth-order valence-electron chi connectivity index (χ4n) is 2.54. The number of rotatable bonds is 5. The molecule has 24 heavy (non-hydrogen) atoms. The van der Waals surface area contributed by atoms with Crippen LogP contribution in [0.5, 0.6) is 0 Å². The molecule has 3 heterocycles. The summed E-state index contributed by atoms with van der Waals surface area (Å²) in [4.78, 5) is 33.0. The topological polar surface area (TPSA) is 76.9 Å². The molecule has 3 aromatic heterocycles. The zero-order chi connectivity index (χ0) is 17.1. The molecule has 0 aromatic carbocycles. The van der Waals surface area contributed by atoms with Gasteiger partial charge in [0.1, 0.15) is 11.2 Å². The number of fused-ring (bicyclic) bond motifs is 1. The molecule has 0 unspecified atom stereocenters. The van der Waals surface area contributed by atoms with Crippen molar-refractivity contribution in [2.24, 2.45) is 0 Å². The van der Waals surface area contributed by atoms with Crippen molar-refractivity contribution in [2.75, 3.05) is 0 Å². The molecule has 0 aliphatic heterocycles. The van der Waals surface area contributed by atoms with E-state index in [9.17, 15) is 9.59 Å². The average molecular weight is 342 g/mol. The molecule has 0 saturated carbocycles. The summed E-state index contributed by atoms with van der Waals surface area (Å²) < 4.78 is 1.91. The highest BCUT2D eigenvalue weighted by molar-refractivity contribution is 7.17. The third-order valence-electron chi connectivity index (χ3n) is 3.77. The van der Waals surface area contributed by atoms with Crippen molar-refractivity contribution >= 4 is 27.5 Å². The Morgan fingerprint density at radius 2 is 2.21 bits per heavy atom. The zero-order valence-corrected chi connectivity index (χ0v) is 14.3. The number of pyridine rings is 1. The van der Waals surface area contributed by atoms with Crippen LogP contribution in [0.15, 0.2) is 40.9 Å². The lowest BCUT2D eigenvalue weighted by Crippen LogP contribution is -2.38. The Morgan fingerprint density at radius 3 is 3.00 bits per heavy atom. The second-order valence-corrected chi connectivity index (χ2v) is 6.67. The Balaban J connectivity index is 1.65. The highest BCUT2D eigenvalue weighted by Crippen LogP contribution is 2.13. The van der Waals surface area contributed by atoms with Crippen LogP contribution < -0.4 is 10.9 Å². The first-order valence-corrected chi connectivity index (χ1v) is 8.55. The maximum absolute atomic E-state index is 12.3. The van der Waals surface area contributed by atoms with E-state index in [1.54, 1.807) is 12.3 Å². The van der Waals surface area contributed by atoms with Crippen LogP contribution in [0.4, 0.5) is 0 Å². The minimum Gasteiger partial charge on any atom is -0.352 e. The molecule has 6 nitrogen and oxygen atoms in total. The Kier molecular flexibility index (Phi) is 4.71. The van der Waals surface area contributed by atoms with Crippen molar-refractivity contribution in [3.05, 3.63) is 57.7 Å². The third kappa shape index (κ3) is 3.51. The van der Waals surface area contributed by atoms with Gasteiger partial charge in [-0.25, -0.2) is 4.98 Å². The maximum atomic E-state index is 12.3. The number of amides is 1. The van der Waals surface area contributed by atoms with E-state index < -0.39 is 0 Å². The van der Waals surface area contributed by atoms with E-state index in [1.165, 1.54) is 22.2 Å². The molecule has 0 saturated heterocycles. The highest BCUT2D eigenvalue weighted by atomic mass is 32.1. The summed E-state index contributed by atoms with van der Waals surface area (Å²) in [7, 11) is 0. The lowest BCUT2D eigenvalue weighted by Gasteiger charge is -2.15. The van der Waals surface area contributed by atoms with E-state index in [1.807, 2.05) is 31.4 Å². The molecule has 1 N–H and O–H groups in total. The lowest BCUT2D eigenvalue weighted by molar-refractivity contribution is -0.122. The van der Waals surface area contributed by atoms with Crippen LogP contribution in [-0.4, -0.2) is 26.5 Å². The van der Waals surface area contributed by atoms with Gasteiger partial charge in [-0.2, -0.15) is 0 Å². The van der Waals surface area contributed by atoms with Crippen molar-refractivity contribution in [2.45, 2.75) is 32.9 Å². The zero-order valence-electron chi connectivity index (χ0n) is 13.5. The number of carbonyl (C=O) groups is 1. The van der Waals surface area contributed by atoms with Crippen molar-refractivity contribution in [1.82, 2.24) is 19.9 Å². The molecule has 0 fully saturated rings. The number of carbonyl (C=O) groups excluding carboxylic acids is 1. The number of nitrogens with one attached hydrogen (secondary N) is 1. The summed E-state index contributed by atoms with van der Waals surface area (Å²) in [5.74, 6) is -0.212. The van der Waals surface area contributed by atoms with Gasteiger partial charge in [0.15, 0.2) is 0 Å². The largest absolute Gasteiger partial charge is 0.352 e. The number of nitrogens with zero attached hydrogens (tertiary/aromatic N) is 3. The molecule has 0 spiro atoms. The van der Waals surface area contributed by atoms with Crippen molar-refractivity contribution < 1.29 is 4.79 Å². The van der Waals surface area contributed by atoms with Crippen LogP contribution in [0.3, 0.4) is 0 Å². The number of hydrogen-bond acceptors (Lipinski definition) is 5. The van der Waals surface area contributed by atoms with E-state index in [0.717, 1.165) is 11.3 Å². The maximum Gasteiger partial charge on any atom is 0.271 e. The van der Waals surface area contributed by atoms with E-state index in [0.29, 0.717) is 16.6 Å². The van der Waals surface area contributed by atoms with Gasteiger partial charge in [0.25, 0.3) is 5.56 Å². The fraction of sp³-hybridized carbons (Fsp3) is 0.294. The third-order valence-corrected chi connectivity index (χ3v) is 4.67. The van der Waals surface area contributed by atoms with Crippen molar-refractivity contribution in [3.8, 4) is 0 Å². The molecule has 1 amide bonds. The quantitative estimate of drug-likeness (QED) is 0.768. The highest BCUT2D eigenvalue weighted by Gasteiger charge is 2.13. The molecule has 0 aliphatic rings. The predicted molar refractivity (Wildman–Crippen MR) is 94.2 cm³/mol. The smallest absolute Gasteiger partial charge is 0.271 e. The molecular weight excluding hydrogens is 324 g/mol. The predicted octanol–water partition coefficient (Wildman–Crippen LogP) is 1.91. The summed E-state index contributed by atoms with van der Waals surface area (Å²) in [6.45, 7) is 3.89. The van der Waals surface area contributed by atoms with Crippen molar-refractivity contribution in [3.63, 3.8) is 0 Å². The Labute approximate surface area is 143 Å². The Bertz CT molecular complexity index is 931. The van der Waals surface area contributed by atoms with Crippen LogP contribution in [0.1, 0.15) is 18.2 Å². The van der Waals surface area contributed by atoms with Gasteiger partial charge < -0.3 is 5.32 Å². The molecular formula is C17H18N4O2S. The number of aromatic nitrogens is 3. The van der Waals surface area contributed by atoms with Gasteiger partial charge in [-0.3, -0.25) is 19.1 Å². The van der Waals surface area contributed by atoms with Gasteiger partial charge in [-0.1, -0.05) is 6.07 Å². The summed E-state index contributed by atoms with van der Waals surface area (Å²) >= 11 is 1.34. The van der Waals surface area contributed by atoms with Gasteiger partial charge in [-0.05, 0) is 36.9 Å². The van der Waals surface area contributed by atoms with E-state index in [2.05, 4.69) is 15.3 Å². The fourth-order valence-corrected chi connectivity index (χ4v) is 3.33. The molecule has 1 atom stereocenters. The summed E-state index contributed by atoms with van der Waals surface area (Å²) in [6.07, 6.45) is 3.82. The SMILES string of the molecule is Cc1cccnc1C[C@@H](C)NC(=O)Cn1cnc2ccsc2c1=O. The number of hydrogen-bond donors (Lipinski definition) is 1. The molecule has 3 aromatic rings. The minimum atomic E-state index is -0.212. The molecule has 7 heteroatoms.